The molecule has 0 amide bonds. The van der Waals surface area contributed by atoms with E-state index < -0.39 is 0 Å². The van der Waals surface area contributed by atoms with Crippen LogP contribution in [0.3, 0.4) is 0 Å². The largest absolute Gasteiger partial charge is 0.369 e. The maximum atomic E-state index is 4.33. The molecule has 2 heterocycles. The summed E-state index contributed by atoms with van der Waals surface area (Å²) >= 11 is 1.72. The minimum absolute atomic E-state index is 0.802. The summed E-state index contributed by atoms with van der Waals surface area (Å²) in [5.41, 5.74) is 2.31. The van der Waals surface area contributed by atoms with Crippen molar-refractivity contribution < 1.29 is 0 Å². The molecule has 3 rings (SSSR count). The van der Waals surface area contributed by atoms with Crippen LogP contribution in [-0.2, 0) is 0 Å². The molecule has 1 fully saturated rings. The van der Waals surface area contributed by atoms with Gasteiger partial charge in [-0.1, -0.05) is 0 Å². The van der Waals surface area contributed by atoms with Crippen molar-refractivity contribution in [2.24, 2.45) is 0 Å². The molecule has 2 N–H and O–H groups in total. The highest BCUT2D eigenvalue weighted by molar-refractivity contribution is 7.18. The molecule has 0 unspecified atom stereocenters. The molecule has 2 aromatic heterocycles. The van der Waals surface area contributed by atoms with Gasteiger partial charge in [0, 0.05) is 12.6 Å². The van der Waals surface area contributed by atoms with Gasteiger partial charge in [-0.05, 0) is 43.7 Å². The number of anilines is 1. The van der Waals surface area contributed by atoms with Crippen molar-refractivity contribution in [3.05, 3.63) is 17.3 Å². The second-order valence-electron chi connectivity index (χ2n) is 4.83. The molecule has 0 aromatic carbocycles. The summed E-state index contributed by atoms with van der Waals surface area (Å²) < 4.78 is 1.17. The minimum Gasteiger partial charge on any atom is -0.369 e. The van der Waals surface area contributed by atoms with Gasteiger partial charge in [-0.15, -0.1) is 11.3 Å². The van der Waals surface area contributed by atoms with Crippen LogP contribution in [0.1, 0.15) is 24.8 Å². The molecule has 0 aliphatic heterocycles. The zero-order valence-electron chi connectivity index (χ0n) is 10.6. The zero-order chi connectivity index (χ0) is 12.4. The average molecular weight is 262 g/mol. The highest BCUT2D eigenvalue weighted by Crippen LogP contribution is 2.28. The fourth-order valence-corrected chi connectivity index (χ4v) is 2.95. The molecule has 1 aliphatic carbocycles. The second kappa shape index (κ2) is 5.20. The summed E-state index contributed by atoms with van der Waals surface area (Å²) in [4.78, 5) is 8.66. The van der Waals surface area contributed by atoms with E-state index in [0.717, 1.165) is 36.9 Å². The number of nitrogens with zero attached hydrogens (tertiary/aromatic N) is 2. The lowest BCUT2D eigenvalue weighted by molar-refractivity contribution is 0.658. The summed E-state index contributed by atoms with van der Waals surface area (Å²) in [6.45, 7) is 4.15. The fraction of sp³-hybridized carbons (Fsp3) is 0.538. The number of hydrogen-bond acceptors (Lipinski definition) is 5. The molecule has 1 saturated carbocycles. The van der Waals surface area contributed by atoms with Crippen LogP contribution in [0.2, 0.25) is 0 Å². The Kier molecular flexibility index (Phi) is 3.43. The predicted molar refractivity (Wildman–Crippen MR) is 76.3 cm³/mol. The number of rotatable bonds is 6. The third-order valence-electron chi connectivity index (χ3n) is 3.19. The highest BCUT2D eigenvalue weighted by Gasteiger charge is 2.19. The SMILES string of the molecule is Cc1csc2c(NCCCNC3CC3)ncnc12. The van der Waals surface area contributed by atoms with Crippen LogP contribution >= 0.6 is 11.3 Å². The van der Waals surface area contributed by atoms with Crippen LogP contribution in [0, 0.1) is 6.92 Å². The molecular formula is C13H18N4S. The Morgan fingerprint density at radius 1 is 1.33 bits per heavy atom. The van der Waals surface area contributed by atoms with E-state index in [4.69, 9.17) is 0 Å². The third-order valence-corrected chi connectivity index (χ3v) is 4.28. The Bertz CT molecular complexity index is 533. The summed E-state index contributed by atoms with van der Waals surface area (Å²) in [5, 5.41) is 9.07. The number of fused-ring (bicyclic) bond motifs is 1. The lowest BCUT2D eigenvalue weighted by Gasteiger charge is -2.06. The molecule has 4 nitrogen and oxygen atoms in total. The van der Waals surface area contributed by atoms with Crippen LogP contribution in [0.15, 0.2) is 11.7 Å². The zero-order valence-corrected chi connectivity index (χ0v) is 11.4. The van der Waals surface area contributed by atoms with Gasteiger partial charge in [0.25, 0.3) is 0 Å². The fourth-order valence-electron chi connectivity index (χ4n) is 1.98. The molecule has 0 bridgehead atoms. The van der Waals surface area contributed by atoms with Crippen molar-refractivity contribution in [3.63, 3.8) is 0 Å². The van der Waals surface area contributed by atoms with Crippen molar-refractivity contribution in [2.45, 2.75) is 32.2 Å². The first-order valence-corrected chi connectivity index (χ1v) is 7.38. The van der Waals surface area contributed by atoms with E-state index in [1.54, 1.807) is 17.7 Å². The molecule has 5 heteroatoms. The van der Waals surface area contributed by atoms with Crippen molar-refractivity contribution in [3.8, 4) is 0 Å². The minimum atomic E-state index is 0.802. The topological polar surface area (TPSA) is 49.8 Å². The first-order valence-electron chi connectivity index (χ1n) is 6.50. The van der Waals surface area contributed by atoms with Crippen molar-refractivity contribution in [2.75, 3.05) is 18.4 Å². The quantitative estimate of drug-likeness (QED) is 0.786. The van der Waals surface area contributed by atoms with Gasteiger partial charge in [-0.2, -0.15) is 0 Å². The smallest absolute Gasteiger partial charge is 0.147 e. The van der Waals surface area contributed by atoms with Gasteiger partial charge in [0.15, 0.2) is 0 Å². The lowest BCUT2D eigenvalue weighted by Crippen LogP contribution is -2.20. The maximum absolute atomic E-state index is 4.33. The van der Waals surface area contributed by atoms with Crippen molar-refractivity contribution in [1.29, 1.82) is 0 Å². The van der Waals surface area contributed by atoms with Gasteiger partial charge in [0.05, 0.1) is 10.2 Å². The molecule has 0 atom stereocenters. The van der Waals surface area contributed by atoms with E-state index in [-0.39, 0.29) is 0 Å². The van der Waals surface area contributed by atoms with E-state index in [2.05, 4.69) is 32.9 Å². The predicted octanol–water partition coefficient (Wildman–Crippen LogP) is 2.55. The molecule has 0 spiro atoms. The standard InChI is InChI=1S/C13H18N4S/c1-9-7-18-12-11(9)16-8-17-13(12)15-6-2-5-14-10-3-4-10/h7-8,10,14H,2-6H2,1H3,(H,15,16,17). The van der Waals surface area contributed by atoms with E-state index in [1.807, 2.05) is 0 Å². The van der Waals surface area contributed by atoms with Crippen LogP contribution in [0.25, 0.3) is 10.2 Å². The van der Waals surface area contributed by atoms with Gasteiger partial charge >= 0.3 is 0 Å². The number of thiophene rings is 1. The van der Waals surface area contributed by atoms with Crippen LogP contribution < -0.4 is 10.6 Å². The number of aromatic nitrogens is 2. The van der Waals surface area contributed by atoms with Gasteiger partial charge in [-0.3, -0.25) is 0 Å². The summed E-state index contributed by atoms with van der Waals surface area (Å²) in [5.74, 6) is 0.976. The van der Waals surface area contributed by atoms with Crippen LogP contribution in [0.5, 0.6) is 0 Å². The molecule has 2 aromatic rings. The first-order chi connectivity index (χ1) is 8.84. The number of hydrogen-bond donors (Lipinski definition) is 2. The average Bonchev–Trinajstić information content (AvgIpc) is 3.13. The monoisotopic (exact) mass is 262 g/mol. The Labute approximate surface area is 111 Å². The molecule has 0 saturated heterocycles. The normalized spacial score (nSPS) is 15.2. The second-order valence-corrected chi connectivity index (χ2v) is 5.71. The van der Waals surface area contributed by atoms with Crippen molar-refractivity contribution in [1.82, 2.24) is 15.3 Å². The number of aryl methyl sites for hydroxylation is 1. The first kappa shape index (κ1) is 11.9. The molecule has 0 radical (unpaired) electrons. The van der Waals surface area contributed by atoms with Crippen molar-refractivity contribution >= 4 is 27.4 Å². The lowest BCUT2D eigenvalue weighted by atomic mass is 10.3. The molecular weight excluding hydrogens is 244 g/mol. The third kappa shape index (κ3) is 2.62. The van der Waals surface area contributed by atoms with Gasteiger partial charge in [-0.25, -0.2) is 9.97 Å². The Morgan fingerprint density at radius 2 is 2.22 bits per heavy atom. The van der Waals surface area contributed by atoms with E-state index in [1.165, 1.54) is 23.1 Å². The van der Waals surface area contributed by atoms with Gasteiger partial charge < -0.3 is 10.6 Å². The molecule has 1 aliphatic rings. The molecule has 18 heavy (non-hydrogen) atoms. The Balaban J connectivity index is 1.56. The van der Waals surface area contributed by atoms with Crippen LogP contribution in [-0.4, -0.2) is 29.1 Å². The van der Waals surface area contributed by atoms with E-state index >= 15 is 0 Å². The highest BCUT2D eigenvalue weighted by atomic mass is 32.1. The van der Waals surface area contributed by atoms with Gasteiger partial charge in [0.1, 0.15) is 12.1 Å². The maximum Gasteiger partial charge on any atom is 0.147 e. The summed E-state index contributed by atoms with van der Waals surface area (Å²) in [6, 6.07) is 0.802. The summed E-state index contributed by atoms with van der Waals surface area (Å²) in [7, 11) is 0. The Hall–Kier alpha value is -1.20. The van der Waals surface area contributed by atoms with E-state index in [0.29, 0.717) is 0 Å². The van der Waals surface area contributed by atoms with Crippen LogP contribution in [0.4, 0.5) is 5.82 Å². The molecule has 96 valence electrons. The van der Waals surface area contributed by atoms with E-state index in [9.17, 15) is 0 Å². The summed E-state index contributed by atoms with van der Waals surface area (Å²) in [6.07, 6.45) is 5.49. The Morgan fingerprint density at radius 3 is 3.06 bits per heavy atom. The number of nitrogens with one attached hydrogen (secondary N) is 2. The van der Waals surface area contributed by atoms with Gasteiger partial charge in [0.2, 0.25) is 0 Å².